The number of nitrogens with two attached hydrogens (primary N) is 1. The van der Waals surface area contributed by atoms with E-state index in [2.05, 4.69) is 20.9 Å². The fourth-order valence-electron chi connectivity index (χ4n) is 4.14. The molecule has 1 heterocycles. The summed E-state index contributed by atoms with van der Waals surface area (Å²) >= 11 is 0. The largest absolute Gasteiger partial charge is 0.481 e. The minimum Gasteiger partial charge on any atom is -0.481 e. The van der Waals surface area contributed by atoms with E-state index in [1.807, 2.05) is 24.3 Å². The number of carbonyl (C=O) groups excluding carboxylic acids is 3. The molecule has 0 aliphatic heterocycles. The van der Waals surface area contributed by atoms with Gasteiger partial charge in [0.25, 0.3) is 0 Å². The molecule has 3 rings (SSSR count). The summed E-state index contributed by atoms with van der Waals surface area (Å²) < 4.78 is 0. The first kappa shape index (κ1) is 29.8. The highest BCUT2D eigenvalue weighted by molar-refractivity contribution is 5.94. The summed E-state index contributed by atoms with van der Waals surface area (Å²) in [7, 11) is 0. The lowest BCUT2D eigenvalue weighted by molar-refractivity contribution is -0.142. The second-order valence-electron chi connectivity index (χ2n) is 9.48. The summed E-state index contributed by atoms with van der Waals surface area (Å²) in [5, 5.41) is 27.0. The lowest BCUT2D eigenvalue weighted by Gasteiger charge is -2.23. The monoisotopic (exact) mass is 551 g/mol. The van der Waals surface area contributed by atoms with Crippen LogP contribution in [0.25, 0.3) is 10.9 Å². The van der Waals surface area contributed by atoms with Gasteiger partial charge in [-0.1, -0.05) is 48.5 Å². The Labute approximate surface area is 230 Å². The van der Waals surface area contributed by atoms with E-state index in [9.17, 15) is 29.1 Å². The number of hydrogen-bond donors (Lipinski definition) is 7. The van der Waals surface area contributed by atoms with Crippen molar-refractivity contribution in [2.75, 3.05) is 0 Å². The average Bonchev–Trinajstić information content (AvgIpc) is 3.33. The number of carbonyl (C=O) groups is 5. The summed E-state index contributed by atoms with van der Waals surface area (Å²) in [4.78, 5) is 64.4. The van der Waals surface area contributed by atoms with E-state index in [1.165, 1.54) is 6.92 Å². The lowest BCUT2D eigenvalue weighted by Crippen LogP contribution is -2.57. The molecule has 0 spiro atoms. The van der Waals surface area contributed by atoms with Gasteiger partial charge < -0.3 is 36.9 Å². The van der Waals surface area contributed by atoms with Gasteiger partial charge in [-0.15, -0.1) is 0 Å². The molecule has 0 aliphatic carbocycles. The summed E-state index contributed by atoms with van der Waals surface area (Å²) in [5.41, 5.74) is 8.08. The maximum atomic E-state index is 13.1. The summed E-state index contributed by atoms with van der Waals surface area (Å²) in [5.74, 6) is -4.45. The fourth-order valence-corrected chi connectivity index (χ4v) is 4.14. The van der Waals surface area contributed by atoms with E-state index in [1.54, 1.807) is 36.5 Å². The molecule has 8 N–H and O–H groups in total. The molecule has 4 atom stereocenters. The van der Waals surface area contributed by atoms with Crippen LogP contribution >= 0.6 is 0 Å². The van der Waals surface area contributed by atoms with Gasteiger partial charge in [0.2, 0.25) is 17.7 Å². The van der Waals surface area contributed by atoms with Crippen molar-refractivity contribution in [2.45, 2.75) is 56.8 Å². The third-order valence-corrected chi connectivity index (χ3v) is 6.39. The molecule has 0 saturated heterocycles. The third kappa shape index (κ3) is 8.40. The zero-order chi connectivity index (χ0) is 29.2. The highest BCUT2D eigenvalue weighted by Gasteiger charge is 2.29. The first-order valence-electron chi connectivity index (χ1n) is 12.8. The van der Waals surface area contributed by atoms with Gasteiger partial charge in [-0.2, -0.15) is 0 Å². The van der Waals surface area contributed by atoms with Gasteiger partial charge in [0, 0.05) is 36.4 Å². The number of benzene rings is 2. The van der Waals surface area contributed by atoms with E-state index in [0.717, 1.165) is 16.5 Å². The molecule has 12 nitrogen and oxygen atoms in total. The van der Waals surface area contributed by atoms with E-state index < -0.39 is 53.8 Å². The molecule has 0 bridgehead atoms. The molecule has 0 radical (unpaired) electrons. The van der Waals surface area contributed by atoms with E-state index in [0.29, 0.717) is 5.56 Å². The van der Waals surface area contributed by atoms with Crippen LogP contribution in [0.1, 0.15) is 30.9 Å². The minimum absolute atomic E-state index is 0.0205. The van der Waals surface area contributed by atoms with Gasteiger partial charge in [0.1, 0.15) is 18.1 Å². The van der Waals surface area contributed by atoms with Crippen molar-refractivity contribution in [3.63, 3.8) is 0 Å². The number of carboxylic acid groups (broad SMARTS) is 2. The number of fused-ring (bicyclic) bond motifs is 1. The predicted molar refractivity (Wildman–Crippen MR) is 146 cm³/mol. The number of aromatic amines is 1. The van der Waals surface area contributed by atoms with Crippen LogP contribution in [0, 0.1) is 0 Å². The number of nitrogens with one attached hydrogen (secondary N) is 4. The van der Waals surface area contributed by atoms with Crippen LogP contribution in [0.15, 0.2) is 60.8 Å². The van der Waals surface area contributed by atoms with Crippen LogP contribution in [0.3, 0.4) is 0 Å². The number of aliphatic carboxylic acids is 2. The normalized spacial score (nSPS) is 13.9. The first-order valence-corrected chi connectivity index (χ1v) is 12.8. The Kier molecular flexibility index (Phi) is 10.4. The Bertz CT molecular complexity index is 1360. The van der Waals surface area contributed by atoms with Gasteiger partial charge in [-0.3, -0.25) is 19.2 Å². The van der Waals surface area contributed by atoms with Crippen molar-refractivity contribution >= 4 is 40.6 Å². The number of rotatable bonds is 14. The standard InChI is InChI=1S/C28H33N5O7/c1-16(25(36)33-23(28(39)40)14-18-15-30-21-10-6-5-9-19(18)21)31-27(38)22(13-17-7-3-2-4-8-17)32-26(37)20(29)11-12-24(34)35/h2-10,15-16,20,22-23,30H,11-14,29H2,1H3,(H,31,38)(H,32,37)(H,33,36)(H,34,35)(H,39,40). The Morgan fingerprint density at radius 2 is 1.48 bits per heavy atom. The molecular weight excluding hydrogens is 518 g/mol. The summed E-state index contributed by atoms with van der Waals surface area (Å²) in [6.45, 7) is 1.40. The SMILES string of the molecule is CC(NC(=O)C(Cc1ccccc1)NC(=O)C(N)CCC(=O)O)C(=O)NC(Cc1c[nH]c2ccccc12)C(=O)O. The predicted octanol–water partition coefficient (Wildman–Crippen LogP) is 0.704. The number of aromatic nitrogens is 1. The summed E-state index contributed by atoms with van der Waals surface area (Å²) in [6, 6.07) is 11.6. The molecule has 0 fully saturated rings. The number of carboxylic acids is 2. The molecule has 212 valence electrons. The molecule has 0 saturated carbocycles. The second-order valence-corrected chi connectivity index (χ2v) is 9.48. The minimum atomic E-state index is -1.25. The Hall–Kier alpha value is -4.71. The highest BCUT2D eigenvalue weighted by Crippen LogP contribution is 2.19. The zero-order valence-corrected chi connectivity index (χ0v) is 21.9. The van der Waals surface area contributed by atoms with Gasteiger partial charge in [-0.05, 0) is 30.5 Å². The van der Waals surface area contributed by atoms with Gasteiger partial charge in [-0.25, -0.2) is 4.79 Å². The van der Waals surface area contributed by atoms with Gasteiger partial charge in [0.05, 0.1) is 6.04 Å². The first-order chi connectivity index (χ1) is 19.0. The molecule has 2 aromatic carbocycles. The van der Waals surface area contributed by atoms with E-state index >= 15 is 0 Å². The Balaban J connectivity index is 1.66. The van der Waals surface area contributed by atoms with Crippen molar-refractivity contribution in [3.8, 4) is 0 Å². The topological polar surface area (TPSA) is 204 Å². The quantitative estimate of drug-likeness (QED) is 0.152. The van der Waals surface area contributed by atoms with Crippen LogP contribution in [0.2, 0.25) is 0 Å². The van der Waals surface area contributed by atoms with Crippen molar-refractivity contribution in [1.82, 2.24) is 20.9 Å². The Morgan fingerprint density at radius 1 is 0.825 bits per heavy atom. The smallest absolute Gasteiger partial charge is 0.326 e. The summed E-state index contributed by atoms with van der Waals surface area (Å²) in [6.07, 6.45) is 1.36. The molecular formula is C28H33N5O7. The molecule has 12 heteroatoms. The van der Waals surface area contributed by atoms with Crippen LogP contribution in [-0.2, 0) is 36.8 Å². The van der Waals surface area contributed by atoms with Gasteiger partial charge >= 0.3 is 11.9 Å². The van der Waals surface area contributed by atoms with Crippen LogP contribution < -0.4 is 21.7 Å². The van der Waals surface area contributed by atoms with Crippen molar-refractivity contribution in [1.29, 1.82) is 0 Å². The van der Waals surface area contributed by atoms with Crippen molar-refractivity contribution < 1.29 is 34.2 Å². The molecule has 4 unspecified atom stereocenters. The molecule has 40 heavy (non-hydrogen) atoms. The third-order valence-electron chi connectivity index (χ3n) is 6.39. The highest BCUT2D eigenvalue weighted by atomic mass is 16.4. The van der Waals surface area contributed by atoms with Crippen molar-refractivity contribution in [2.24, 2.45) is 5.73 Å². The van der Waals surface area contributed by atoms with Crippen LogP contribution in [-0.4, -0.2) is 69.0 Å². The molecule has 1 aromatic heterocycles. The zero-order valence-electron chi connectivity index (χ0n) is 21.9. The number of amides is 3. The van der Waals surface area contributed by atoms with Crippen LogP contribution in [0.5, 0.6) is 0 Å². The average molecular weight is 552 g/mol. The maximum Gasteiger partial charge on any atom is 0.326 e. The van der Waals surface area contributed by atoms with Crippen molar-refractivity contribution in [3.05, 3.63) is 71.9 Å². The van der Waals surface area contributed by atoms with Crippen LogP contribution in [0.4, 0.5) is 0 Å². The lowest BCUT2D eigenvalue weighted by atomic mass is 10.0. The molecule has 3 amide bonds. The number of para-hydroxylation sites is 1. The maximum absolute atomic E-state index is 13.1. The van der Waals surface area contributed by atoms with Gasteiger partial charge in [0.15, 0.2) is 0 Å². The fraction of sp³-hybridized carbons (Fsp3) is 0.321. The van der Waals surface area contributed by atoms with E-state index in [-0.39, 0.29) is 25.7 Å². The Morgan fingerprint density at radius 3 is 2.15 bits per heavy atom. The molecule has 3 aromatic rings. The number of hydrogen-bond acceptors (Lipinski definition) is 6. The van der Waals surface area contributed by atoms with E-state index in [4.69, 9.17) is 10.8 Å². The molecule has 0 aliphatic rings. The second kappa shape index (κ2) is 13.9. The number of H-pyrrole nitrogens is 1.